The van der Waals surface area contributed by atoms with Gasteiger partial charge in [-0.15, -0.1) is 0 Å². The number of amides is 1. The van der Waals surface area contributed by atoms with Crippen molar-refractivity contribution in [2.24, 2.45) is 0 Å². The molecule has 0 spiro atoms. The van der Waals surface area contributed by atoms with Crippen molar-refractivity contribution in [1.82, 2.24) is 9.88 Å². The summed E-state index contributed by atoms with van der Waals surface area (Å²) in [5.41, 5.74) is 0.760. The normalized spacial score (nSPS) is 11.8. The molecule has 0 saturated heterocycles. The minimum atomic E-state index is -0.827. The number of benzene rings is 1. The van der Waals surface area contributed by atoms with E-state index in [-0.39, 0.29) is 18.0 Å². The van der Waals surface area contributed by atoms with E-state index in [1.807, 2.05) is 0 Å². The lowest BCUT2D eigenvalue weighted by Crippen LogP contribution is -2.31. The van der Waals surface area contributed by atoms with E-state index in [0.717, 1.165) is 0 Å². The first-order chi connectivity index (χ1) is 10.5. The Hall–Kier alpha value is -2.60. The Morgan fingerprint density at radius 1 is 1.36 bits per heavy atom. The van der Waals surface area contributed by atoms with Gasteiger partial charge in [-0.1, -0.05) is 12.1 Å². The predicted octanol–water partition coefficient (Wildman–Crippen LogP) is 1.19. The third-order valence-electron chi connectivity index (χ3n) is 3.30. The number of carbonyl (C=O) groups is 1. The molecule has 2 N–H and O–H groups in total. The zero-order valence-electron chi connectivity index (χ0n) is 12.4. The molecule has 0 bridgehead atoms. The average molecular weight is 302 g/mol. The Morgan fingerprint density at radius 3 is 2.77 bits per heavy atom. The van der Waals surface area contributed by atoms with Crippen LogP contribution in [0.4, 0.5) is 0 Å². The molecule has 2 rings (SSSR count). The van der Waals surface area contributed by atoms with Crippen LogP contribution in [0.2, 0.25) is 0 Å². The molecule has 0 aliphatic carbocycles. The van der Waals surface area contributed by atoms with Gasteiger partial charge in [0.2, 0.25) is 5.56 Å². The summed E-state index contributed by atoms with van der Waals surface area (Å²) in [5.74, 6) is 0.365. The Bertz CT molecular complexity index is 691. The molecule has 1 amide bonds. The van der Waals surface area contributed by atoms with Crippen molar-refractivity contribution in [2.75, 3.05) is 20.7 Å². The monoisotopic (exact) mass is 302 g/mol. The van der Waals surface area contributed by atoms with Crippen LogP contribution in [0.1, 0.15) is 22.0 Å². The molecule has 6 nitrogen and oxygen atoms in total. The smallest absolute Gasteiger partial charge is 0.255 e. The predicted molar refractivity (Wildman–Crippen MR) is 82.0 cm³/mol. The van der Waals surface area contributed by atoms with Crippen molar-refractivity contribution in [3.05, 3.63) is 64.1 Å². The van der Waals surface area contributed by atoms with Gasteiger partial charge in [0.1, 0.15) is 5.75 Å². The van der Waals surface area contributed by atoms with Gasteiger partial charge in [0.15, 0.2) is 0 Å². The Kier molecular flexibility index (Phi) is 4.95. The highest BCUT2D eigenvalue weighted by molar-refractivity contribution is 5.93. The van der Waals surface area contributed by atoms with Crippen molar-refractivity contribution in [2.45, 2.75) is 6.10 Å². The summed E-state index contributed by atoms with van der Waals surface area (Å²) in [5, 5.41) is 10.2. The first-order valence-corrected chi connectivity index (χ1v) is 6.77. The second-order valence-electron chi connectivity index (χ2n) is 4.92. The first-order valence-electron chi connectivity index (χ1n) is 6.77. The van der Waals surface area contributed by atoms with Crippen molar-refractivity contribution in [1.29, 1.82) is 0 Å². The topological polar surface area (TPSA) is 82.6 Å². The third-order valence-corrected chi connectivity index (χ3v) is 3.30. The van der Waals surface area contributed by atoms with Gasteiger partial charge in [0.25, 0.3) is 5.91 Å². The van der Waals surface area contributed by atoms with Gasteiger partial charge in [-0.3, -0.25) is 9.59 Å². The number of nitrogens with zero attached hydrogens (tertiary/aromatic N) is 1. The lowest BCUT2D eigenvalue weighted by molar-refractivity contribution is 0.0680. The molecule has 1 atom stereocenters. The van der Waals surface area contributed by atoms with E-state index in [1.54, 1.807) is 38.4 Å². The van der Waals surface area contributed by atoms with E-state index >= 15 is 0 Å². The second-order valence-corrected chi connectivity index (χ2v) is 4.92. The highest BCUT2D eigenvalue weighted by Gasteiger charge is 2.17. The zero-order chi connectivity index (χ0) is 16.1. The Balaban J connectivity index is 2.06. The van der Waals surface area contributed by atoms with Crippen molar-refractivity contribution in [3.63, 3.8) is 0 Å². The van der Waals surface area contributed by atoms with Gasteiger partial charge >= 0.3 is 0 Å². The fourth-order valence-electron chi connectivity index (χ4n) is 2.06. The Labute approximate surface area is 128 Å². The molecule has 22 heavy (non-hydrogen) atoms. The van der Waals surface area contributed by atoms with E-state index in [1.165, 1.54) is 23.2 Å². The van der Waals surface area contributed by atoms with E-state index in [0.29, 0.717) is 16.9 Å². The summed E-state index contributed by atoms with van der Waals surface area (Å²) in [4.78, 5) is 27.1. The molecule has 6 heteroatoms. The molecule has 0 aliphatic rings. The summed E-state index contributed by atoms with van der Waals surface area (Å²) < 4.78 is 5.11. The molecular weight excluding hydrogens is 284 g/mol. The molecule has 0 aliphatic heterocycles. The van der Waals surface area contributed by atoms with Crippen LogP contribution in [0.5, 0.6) is 5.75 Å². The maximum Gasteiger partial charge on any atom is 0.255 e. The van der Waals surface area contributed by atoms with Crippen LogP contribution >= 0.6 is 0 Å². The summed E-state index contributed by atoms with van der Waals surface area (Å²) in [7, 11) is 3.15. The number of nitrogens with one attached hydrogen (secondary N) is 1. The third kappa shape index (κ3) is 3.73. The molecule has 0 radical (unpaired) electrons. The number of likely N-dealkylation sites (N-methyl/N-ethyl adjacent to an activating group) is 1. The van der Waals surface area contributed by atoms with E-state index < -0.39 is 6.10 Å². The molecule has 1 unspecified atom stereocenters. The first kappa shape index (κ1) is 15.8. The van der Waals surface area contributed by atoms with Crippen LogP contribution in [-0.2, 0) is 0 Å². The number of hydrogen-bond acceptors (Lipinski definition) is 4. The Morgan fingerprint density at radius 2 is 2.14 bits per heavy atom. The molecule has 116 valence electrons. The largest absolute Gasteiger partial charge is 0.497 e. The van der Waals surface area contributed by atoms with Crippen LogP contribution in [-0.4, -0.2) is 41.6 Å². The van der Waals surface area contributed by atoms with Gasteiger partial charge < -0.3 is 19.7 Å². The molecule has 2 aromatic rings. The summed E-state index contributed by atoms with van der Waals surface area (Å²) in [6.45, 7) is 0.130. The minimum absolute atomic E-state index is 0.130. The number of pyridine rings is 1. The number of aromatic nitrogens is 1. The molecule has 1 aromatic carbocycles. The number of carbonyl (C=O) groups excluding carboxylic acids is 1. The number of hydrogen-bond donors (Lipinski definition) is 2. The van der Waals surface area contributed by atoms with Gasteiger partial charge in [0, 0.05) is 19.3 Å². The lowest BCUT2D eigenvalue weighted by Gasteiger charge is -2.21. The summed E-state index contributed by atoms with van der Waals surface area (Å²) in [6.07, 6.45) is 0.533. The SMILES string of the molecule is COc1cccc(C(O)CN(C)C(=O)c2ccc(=O)[nH]c2)c1. The maximum absolute atomic E-state index is 12.2. The number of methoxy groups -OCH3 is 1. The van der Waals surface area contributed by atoms with Crippen LogP contribution in [0.3, 0.4) is 0 Å². The molecular formula is C16H18N2O4. The second kappa shape index (κ2) is 6.91. The van der Waals surface area contributed by atoms with E-state index in [9.17, 15) is 14.7 Å². The van der Waals surface area contributed by atoms with E-state index in [4.69, 9.17) is 4.74 Å². The zero-order valence-corrected chi connectivity index (χ0v) is 12.4. The molecule has 0 fully saturated rings. The fourth-order valence-corrected chi connectivity index (χ4v) is 2.06. The highest BCUT2D eigenvalue weighted by atomic mass is 16.5. The minimum Gasteiger partial charge on any atom is -0.497 e. The van der Waals surface area contributed by atoms with Gasteiger partial charge in [-0.2, -0.15) is 0 Å². The van der Waals surface area contributed by atoms with Crippen molar-refractivity contribution in [3.8, 4) is 5.75 Å². The van der Waals surface area contributed by atoms with Crippen LogP contribution in [0.15, 0.2) is 47.4 Å². The number of aliphatic hydroxyl groups excluding tert-OH is 1. The fraction of sp³-hybridized carbons (Fsp3) is 0.250. The molecule has 1 aromatic heterocycles. The highest BCUT2D eigenvalue weighted by Crippen LogP contribution is 2.20. The number of aliphatic hydroxyl groups is 1. The standard InChI is InChI=1S/C16H18N2O4/c1-18(16(21)12-6-7-15(20)17-9-12)10-14(19)11-4-3-5-13(8-11)22-2/h3-9,14,19H,10H2,1-2H3,(H,17,20). The van der Waals surface area contributed by atoms with Gasteiger partial charge in [-0.25, -0.2) is 0 Å². The van der Waals surface area contributed by atoms with Crippen molar-refractivity contribution >= 4 is 5.91 Å². The average Bonchev–Trinajstić information content (AvgIpc) is 2.54. The molecule has 0 saturated carbocycles. The van der Waals surface area contributed by atoms with Gasteiger partial charge in [0.05, 0.1) is 25.3 Å². The summed E-state index contributed by atoms with van der Waals surface area (Å²) in [6, 6.07) is 9.80. The molecule has 1 heterocycles. The quantitative estimate of drug-likeness (QED) is 0.869. The van der Waals surface area contributed by atoms with Crippen LogP contribution < -0.4 is 10.3 Å². The van der Waals surface area contributed by atoms with Crippen LogP contribution in [0, 0.1) is 0 Å². The van der Waals surface area contributed by atoms with E-state index in [2.05, 4.69) is 4.98 Å². The van der Waals surface area contributed by atoms with Crippen molar-refractivity contribution < 1.29 is 14.6 Å². The number of ether oxygens (including phenoxy) is 1. The summed E-state index contributed by atoms with van der Waals surface area (Å²) >= 11 is 0. The number of H-pyrrole nitrogens is 1. The number of aromatic amines is 1. The maximum atomic E-state index is 12.2. The lowest BCUT2D eigenvalue weighted by atomic mass is 10.1. The van der Waals surface area contributed by atoms with Gasteiger partial charge in [-0.05, 0) is 23.8 Å². The number of rotatable bonds is 5. The van der Waals surface area contributed by atoms with Crippen LogP contribution in [0.25, 0.3) is 0 Å².